The number of ketones is 1. The summed E-state index contributed by atoms with van der Waals surface area (Å²) < 4.78 is 1.03. The Kier molecular flexibility index (Phi) is 4.25. The van der Waals surface area contributed by atoms with Crippen molar-refractivity contribution in [3.63, 3.8) is 0 Å². The monoisotopic (exact) mass is 305 g/mol. The number of rotatable bonds is 3. The molecule has 1 aliphatic rings. The molecule has 0 N–H and O–H groups in total. The van der Waals surface area contributed by atoms with Crippen molar-refractivity contribution < 1.29 is 4.79 Å². The van der Waals surface area contributed by atoms with Crippen LogP contribution in [0, 0.1) is 0 Å². The van der Waals surface area contributed by atoms with Crippen LogP contribution in [-0.2, 0) is 0 Å². The summed E-state index contributed by atoms with van der Waals surface area (Å²) in [5.74, 6) is 2.56. The second-order valence-electron chi connectivity index (χ2n) is 3.42. The van der Waals surface area contributed by atoms with E-state index in [0.29, 0.717) is 6.54 Å². The highest BCUT2D eigenvalue weighted by molar-refractivity contribution is 9.11. The van der Waals surface area contributed by atoms with Crippen LogP contribution in [0.15, 0.2) is 15.9 Å². The van der Waals surface area contributed by atoms with Gasteiger partial charge in [0.15, 0.2) is 5.78 Å². The summed E-state index contributed by atoms with van der Waals surface area (Å²) in [5.41, 5.74) is 0. The average Bonchev–Trinajstić information content (AvgIpc) is 2.66. The summed E-state index contributed by atoms with van der Waals surface area (Å²) in [6.45, 7) is 2.67. The quantitative estimate of drug-likeness (QED) is 0.801. The lowest BCUT2D eigenvalue weighted by molar-refractivity contribution is 0.0941. The minimum atomic E-state index is 0.248. The minimum Gasteiger partial charge on any atom is -0.294 e. The second-order valence-corrected chi connectivity index (χ2v) is 7.10. The van der Waals surface area contributed by atoms with Gasteiger partial charge in [0.2, 0.25) is 0 Å². The fourth-order valence-corrected chi connectivity index (χ4v) is 3.80. The molecule has 0 spiro atoms. The van der Waals surface area contributed by atoms with E-state index in [4.69, 9.17) is 0 Å². The lowest BCUT2D eigenvalue weighted by atomic mass is 10.3. The largest absolute Gasteiger partial charge is 0.294 e. The number of carbonyl (C=O) groups is 1. The molecular weight excluding hydrogens is 294 g/mol. The number of Topliss-reactive ketones (excluding diaryl/α,β-unsaturated/α-hetero) is 1. The maximum absolute atomic E-state index is 11.9. The fraction of sp³-hybridized carbons (Fsp3) is 0.500. The van der Waals surface area contributed by atoms with Gasteiger partial charge in [-0.25, -0.2) is 0 Å². The van der Waals surface area contributed by atoms with Crippen LogP contribution in [0.3, 0.4) is 0 Å². The molecule has 15 heavy (non-hydrogen) atoms. The number of carbonyl (C=O) groups excluding carboxylic acids is 1. The molecule has 0 aliphatic carbocycles. The maximum Gasteiger partial charge on any atom is 0.186 e. The Morgan fingerprint density at radius 2 is 2.13 bits per heavy atom. The Morgan fingerprint density at radius 3 is 2.73 bits per heavy atom. The third-order valence-corrected chi connectivity index (χ3v) is 4.93. The van der Waals surface area contributed by atoms with Crippen LogP contribution in [-0.4, -0.2) is 41.8 Å². The molecule has 2 nitrogen and oxygen atoms in total. The molecule has 0 radical (unpaired) electrons. The summed E-state index contributed by atoms with van der Waals surface area (Å²) in [6, 6.07) is 3.83. The molecule has 0 bridgehead atoms. The molecular formula is C10H12BrNOS2. The summed E-state index contributed by atoms with van der Waals surface area (Å²) in [6.07, 6.45) is 0. The van der Waals surface area contributed by atoms with Gasteiger partial charge in [-0.05, 0) is 28.1 Å². The van der Waals surface area contributed by atoms with Crippen molar-refractivity contribution in [2.24, 2.45) is 0 Å². The van der Waals surface area contributed by atoms with Crippen molar-refractivity contribution in [2.75, 3.05) is 31.1 Å². The van der Waals surface area contributed by atoms with E-state index in [-0.39, 0.29) is 5.78 Å². The molecule has 1 fully saturated rings. The first kappa shape index (κ1) is 11.6. The molecule has 0 atom stereocenters. The fourth-order valence-electron chi connectivity index (χ4n) is 1.50. The zero-order chi connectivity index (χ0) is 10.7. The Bertz CT molecular complexity index is 347. The number of nitrogens with zero attached hydrogens (tertiary/aromatic N) is 1. The number of thiophene rings is 1. The van der Waals surface area contributed by atoms with Crippen LogP contribution in [0.4, 0.5) is 0 Å². The van der Waals surface area contributed by atoms with Crippen molar-refractivity contribution in [1.82, 2.24) is 4.90 Å². The lowest BCUT2D eigenvalue weighted by Gasteiger charge is -2.24. The van der Waals surface area contributed by atoms with Crippen LogP contribution in [0.2, 0.25) is 0 Å². The molecule has 1 aromatic heterocycles. The molecule has 0 saturated carbocycles. The van der Waals surface area contributed by atoms with E-state index in [1.54, 1.807) is 0 Å². The van der Waals surface area contributed by atoms with Crippen LogP contribution in [0.25, 0.3) is 0 Å². The molecule has 5 heteroatoms. The van der Waals surface area contributed by atoms with Crippen LogP contribution in [0.1, 0.15) is 9.67 Å². The number of hydrogen-bond donors (Lipinski definition) is 0. The van der Waals surface area contributed by atoms with Crippen molar-refractivity contribution in [3.05, 3.63) is 20.8 Å². The van der Waals surface area contributed by atoms with Gasteiger partial charge in [-0.1, -0.05) is 0 Å². The first-order valence-corrected chi connectivity index (χ1v) is 7.61. The SMILES string of the molecule is O=C(CN1CCSCC1)c1ccc(Br)s1. The highest BCUT2D eigenvalue weighted by Gasteiger charge is 2.16. The average molecular weight is 306 g/mol. The highest BCUT2D eigenvalue weighted by atomic mass is 79.9. The van der Waals surface area contributed by atoms with Crippen molar-refractivity contribution in [3.8, 4) is 0 Å². The topological polar surface area (TPSA) is 20.3 Å². The summed E-state index contributed by atoms with van der Waals surface area (Å²) in [4.78, 5) is 15.0. The highest BCUT2D eigenvalue weighted by Crippen LogP contribution is 2.22. The summed E-state index contributed by atoms with van der Waals surface area (Å²) in [7, 11) is 0. The van der Waals surface area contributed by atoms with Gasteiger partial charge in [0.05, 0.1) is 15.2 Å². The number of thioether (sulfide) groups is 1. The zero-order valence-electron chi connectivity index (χ0n) is 8.24. The van der Waals surface area contributed by atoms with Gasteiger partial charge in [-0.2, -0.15) is 11.8 Å². The van der Waals surface area contributed by atoms with Gasteiger partial charge in [0.25, 0.3) is 0 Å². The van der Waals surface area contributed by atoms with E-state index >= 15 is 0 Å². The molecule has 2 rings (SSSR count). The predicted octanol–water partition coefficient (Wildman–Crippen LogP) is 2.74. The lowest BCUT2D eigenvalue weighted by Crippen LogP contribution is -2.36. The third-order valence-electron chi connectivity index (χ3n) is 2.32. The first-order valence-electron chi connectivity index (χ1n) is 4.84. The maximum atomic E-state index is 11.9. The normalized spacial score (nSPS) is 17.9. The molecule has 2 heterocycles. The van der Waals surface area contributed by atoms with Crippen LogP contribution in [0.5, 0.6) is 0 Å². The molecule has 0 unspecified atom stereocenters. The molecule has 82 valence electrons. The van der Waals surface area contributed by atoms with Gasteiger partial charge < -0.3 is 0 Å². The number of hydrogen-bond acceptors (Lipinski definition) is 4. The van der Waals surface area contributed by atoms with E-state index in [2.05, 4.69) is 20.8 Å². The van der Waals surface area contributed by atoms with E-state index in [1.807, 2.05) is 23.9 Å². The van der Waals surface area contributed by atoms with Crippen molar-refractivity contribution in [1.29, 1.82) is 0 Å². The molecule has 1 aromatic rings. The Balaban J connectivity index is 1.91. The van der Waals surface area contributed by atoms with Crippen molar-refractivity contribution >= 4 is 44.8 Å². The van der Waals surface area contributed by atoms with Gasteiger partial charge in [0.1, 0.15) is 0 Å². The van der Waals surface area contributed by atoms with Crippen molar-refractivity contribution in [2.45, 2.75) is 0 Å². The van der Waals surface area contributed by atoms with E-state index in [9.17, 15) is 4.79 Å². The van der Waals surface area contributed by atoms with E-state index < -0.39 is 0 Å². The van der Waals surface area contributed by atoms with Gasteiger partial charge in [0, 0.05) is 24.6 Å². The zero-order valence-corrected chi connectivity index (χ0v) is 11.5. The van der Waals surface area contributed by atoms with E-state index in [0.717, 1.165) is 33.3 Å². The molecule has 0 aromatic carbocycles. The summed E-state index contributed by atoms with van der Waals surface area (Å²) in [5, 5.41) is 0. The predicted molar refractivity (Wildman–Crippen MR) is 70.1 cm³/mol. The Labute approximate surface area is 106 Å². The molecule has 1 saturated heterocycles. The summed E-state index contributed by atoms with van der Waals surface area (Å²) >= 11 is 6.86. The number of halogens is 1. The van der Waals surface area contributed by atoms with Gasteiger partial charge >= 0.3 is 0 Å². The smallest absolute Gasteiger partial charge is 0.186 e. The van der Waals surface area contributed by atoms with Gasteiger partial charge in [-0.15, -0.1) is 11.3 Å². The van der Waals surface area contributed by atoms with Gasteiger partial charge in [-0.3, -0.25) is 9.69 Å². The third kappa shape index (κ3) is 3.31. The molecule has 0 amide bonds. The minimum absolute atomic E-state index is 0.248. The van der Waals surface area contributed by atoms with Crippen LogP contribution >= 0.6 is 39.0 Å². The standard InChI is InChI=1S/C10H12BrNOS2/c11-10-2-1-9(15-10)8(13)7-12-3-5-14-6-4-12/h1-2H,3-7H2. The Morgan fingerprint density at radius 1 is 1.40 bits per heavy atom. The first-order chi connectivity index (χ1) is 7.25. The van der Waals surface area contributed by atoms with Crippen LogP contribution < -0.4 is 0 Å². The van der Waals surface area contributed by atoms with E-state index in [1.165, 1.54) is 11.3 Å². The Hall–Kier alpha value is 0.160. The molecule has 1 aliphatic heterocycles. The second kappa shape index (κ2) is 5.48.